The van der Waals surface area contributed by atoms with Crippen molar-refractivity contribution >= 4 is 29.2 Å². The Morgan fingerprint density at radius 1 is 1.20 bits per heavy atom. The van der Waals surface area contributed by atoms with Gasteiger partial charge in [0.2, 0.25) is 0 Å². The monoisotopic (exact) mass is 494 g/mol. The molecule has 4 amide bonds. The lowest BCUT2D eigenvalue weighted by atomic mass is 9.74. The molecule has 1 atom stereocenters. The van der Waals surface area contributed by atoms with Gasteiger partial charge in [0.25, 0.3) is 11.8 Å². The number of rotatable bonds is 7. The maximum absolute atomic E-state index is 13.7. The van der Waals surface area contributed by atoms with Gasteiger partial charge in [-0.15, -0.1) is 11.3 Å². The second kappa shape index (κ2) is 10.1. The van der Waals surface area contributed by atoms with Crippen LogP contribution < -0.4 is 5.32 Å². The number of nitrogens with one attached hydrogen (secondary N) is 1. The highest BCUT2D eigenvalue weighted by Crippen LogP contribution is 2.38. The number of carbonyl (C=O) groups is 3. The predicted molar refractivity (Wildman–Crippen MR) is 135 cm³/mol. The van der Waals surface area contributed by atoms with E-state index in [0.29, 0.717) is 32.5 Å². The Morgan fingerprint density at radius 3 is 2.74 bits per heavy atom. The number of amides is 4. The van der Waals surface area contributed by atoms with Crippen LogP contribution in [-0.2, 0) is 24.1 Å². The van der Waals surface area contributed by atoms with E-state index in [0.717, 1.165) is 49.8 Å². The third-order valence-electron chi connectivity index (χ3n) is 7.93. The predicted octanol–water partition coefficient (Wildman–Crippen LogP) is 4.21. The average Bonchev–Trinajstić information content (AvgIpc) is 3.42. The Morgan fingerprint density at radius 2 is 2.00 bits per heavy atom. The fourth-order valence-corrected chi connectivity index (χ4v) is 7.20. The summed E-state index contributed by atoms with van der Waals surface area (Å²) >= 11 is 1.73. The Hall–Kier alpha value is -2.74. The molecule has 4 heterocycles. The molecule has 0 saturated carbocycles. The molecule has 0 unspecified atom stereocenters. The van der Waals surface area contributed by atoms with Gasteiger partial charge in [-0.3, -0.25) is 19.5 Å². The van der Waals surface area contributed by atoms with E-state index in [1.54, 1.807) is 17.5 Å². The minimum absolute atomic E-state index is 0.0270. The number of nitrogens with zero attached hydrogens (tertiary/aromatic N) is 3. The van der Waals surface area contributed by atoms with E-state index in [4.69, 9.17) is 0 Å². The number of thiophene rings is 1. The third-order valence-corrected chi connectivity index (χ3v) is 9.02. The summed E-state index contributed by atoms with van der Waals surface area (Å²) < 4.78 is 0. The number of urea groups is 1. The van der Waals surface area contributed by atoms with Crippen LogP contribution in [0.25, 0.3) is 0 Å². The summed E-state index contributed by atoms with van der Waals surface area (Å²) in [5.74, 6) is 0.0438. The third kappa shape index (κ3) is 4.48. The van der Waals surface area contributed by atoms with Crippen LogP contribution in [0.5, 0.6) is 0 Å². The molecule has 0 spiro atoms. The van der Waals surface area contributed by atoms with Crippen LogP contribution in [0.2, 0.25) is 0 Å². The minimum Gasteiger partial charge on any atom is -0.339 e. The summed E-state index contributed by atoms with van der Waals surface area (Å²) in [4.78, 5) is 48.9. The van der Waals surface area contributed by atoms with Crippen LogP contribution in [0.1, 0.15) is 71.9 Å². The Bertz CT molecular complexity index is 1090. The molecule has 1 aliphatic carbocycles. The number of hydrogen-bond donors (Lipinski definition) is 1. The van der Waals surface area contributed by atoms with E-state index in [9.17, 15) is 14.4 Å². The highest BCUT2D eigenvalue weighted by Gasteiger charge is 2.55. The molecule has 1 N–H and O–H groups in total. The van der Waals surface area contributed by atoms with Crippen molar-refractivity contribution in [3.8, 4) is 0 Å². The van der Waals surface area contributed by atoms with Crippen molar-refractivity contribution in [3.05, 3.63) is 51.5 Å². The molecular formula is C27H34N4O3S. The molecule has 5 rings (SSSR count). The molecule has 0 aromatic carbocycles. The molecule has 8 heteroatoms. The van der Waals surface area contributed by atoms with E-state index < -0.39 is 5.54 Å². The number of fused-ring (bicyclic) bond motifs is 1. The van der Waals surface area contributed by atoms with Crippen LogP contribution in [0, 0.1) is 5.92 Å². The summed E-state index contributed by atoms with van der Waals surface area (Å²) in [6.07, 6.45) is 9.60. The van der Waals surface area contributed by atoms with Gasteiger partial charge in [-0.1, -0.05) is 19.4 Å². The van der Waals surface area contributed by atoms with Crippen LogP contribution >= 0.6 is 11.3 Å². The van der Waals surface area contributed by atoms with Crippen molar-refractivity contribution in [1.82, 2.24) is 20.1 Å². The highest BCUT2D eigenvalue weighted by atomic mass is 32.1. The molecule has 0 bridgehead atoms. The number of carbonyl (C=O) groups excluding carboxylic acids is 3. The van der Waals surface area contributed by atoms with Gasteiger partial charge in [-0.25, -0.2) is 4.79 Å². The smallest absolute Gasteiger partial charge is 0.325 e. The molecule has 2 aromatic rings. The zero-order valence-corrected chi connectivity index (χ0v) is 21.2. The molecule has 7 nitrogen and oxygen atoms in total. The van der Waals surface area contributed by atoms with Crippen molar-refractivity contribution in [1.29, 1.82) is 0 Å². The van der Waals surface area contributed by atoms with E-state index >= 15 is 0 Å². The quantitative estimate of drug-likeness (QED) is 0.585. The number of pyridine rings is 1. The Kier molecular flexibility index (Phi) is 6.91. The lowest BCUT2D eigenvalue weighted by Crippen LogP contribution is -2.56. The van der Waals surface area contributed by atoms with E-state index in [1.807, 2.05) is 28.5 Å². The van der Waals surface area contributed by atoms with Crippen LogP contribution in [0.15, 0.2) is 29.8 Å². The molecule has 2 aliphatic heterocycles. The first-order chi connectivity index (χ1) is 17.0. The molecule has 0 radical (unpaired) electrons. The molecule has 2 aromatic heterocycles. The van der Waals surface area contributed by atoms with Crippen molar-refractivity contribution in [2.45, 2.75) is 70.3 Å². The fourth-order valence-electron chi connectivity index (χ4n) is 6.08. The molecule has 35 heavy (non-hydrogen) atoms. The second-order valence-corrected chi connectivity index (χ2v) is 11.0. The van der Waals surface area contributed by atoms with Crippen molar-refractivity contribution in [3.63, 3.8) is 0 Å². The van der Waals surface area contributed by atoms with Crippen LogP contribution in [0.4, 0.5) is 4.79 Å². The Labute approximate surface area is 210 Å². The van der Waals surface area contributed by atoms with E-state index in [2.05, 4.69) is 17.2 Å². The van der Waals surface area contributed by atoms with Crippen molar-refractivity contribution in [2.24, 2.45) is 5.92 Å². The molecule has 2 fully saturated rings. The van der Waals surface area contributed by atoms with Gasteiger partial charge in [0, 0.05) is 48.2 Å². The zero-order chi connectivity index (χ0) is 24.4. The normalized spacial score (nSPS) is 22.9. The number of hydrogen-bond acceptors (Lipinski definition) is 5. The summed E-state index contributed by atoms with van der Waals surface area (Å²) in [7, 11) is 0. The summed E-state index contributed by atoms with van der Waals surface area (Å²) in [6, 6.07) is 5.38. The molecule has 3 aliphatic rings. The van der Waals surface area contributed by atoms with Gasteiger partial charge in [-0.2, -0.15) is 0 Å². The Balaban J connectivity index is 1.26. The first kappa shape index (κ1) is 24.0. The van der Waals surface area contributed by atoms with Gasteiger partial charge in [0.1, 0.15) is 5.54 Å². The van der Waals surface area contributed by atoms with E-state index in [-0.39, 0.29) is 23.8 Å². The van der Waals surface area contributed by atoms with E-state index in [1.165, 1.54) is 21.8 Å². The van der Waals surface area contributed by atoms with Crippen molar-refractivity contribution < 1.29 is 14.4 Å². The number of piperidine rings is 1. The average molecular weight is 495 g/mol. The fraction of sp³-hybridized carbons (Fsp3) is 0.556. The molecule has 186 valence electrons. The van der Waals surface area contributed by atoms with Crippen LogP contribution in [-0.4, -0.2) is 57.8 Å². The molecular weight excluding hydrogens is 460 g/mol. The number of imide groups is 1. The second-order valence-electron chi connectivity index (χ2n) is 10.0. The number of likely N-dealkylation sites (tertiary alicyclic amines) is 1. The first-order valence-electron chi connectivity index (χ1n) is 13.0. The van der Waals surface area contributed by atoms with Gasteiger partial charge < -0.3 is 10.2 Å². The summed E-state index contributed by atoms with van der Waals surface area (Å²) in [5, 5.41) is 5.15. The SMILES string of the molecule is CCC[C@]1(C2CCN(C(=O)c3csc4c3CCCC4)CC2)NC(=O)N(CCc2ccccn2)C1=O. The number of aryl methyl sites for hydroxylation is 1. The molecule has 2 saturated heterocycles. The van der Waals surface area contributed by atoms with Crippen molar-refractivity contribution in [2.75, 3.05) is 19.6 Å². The maximum atomic E-state index is 13.7. The lowest BCUT2D eigenvalue weighted by Gasteiger charge is -2.41. The van der Waals surface area contributed by atoms with Crippen LogP contribution in [0.3, 0.4) is 0 Å². The zero-order valence-electron chi connectivity index (χ0n) is 20.4. The minimum atomic E-state index is -0.868. The largest absolute Gasteiger partial charge is 0.339 e. The van der Waals surface area contributed by atoms with Gasteiger partial charge >= 0.3 is 6.03 Å². The highest BCUT2D eigenvalue weighted by molar-refractivity contribution is 7.10. The standard InChI is InChI=1S/C27H34N4O3S/c1-2-13-27(25(33)31(26(34)29-27)17-12-20-7-5-6-14-28-20)19-10-15-30(16-11-19)24(32)22-18-35-23-9-4-3-8-21(22)23/h5-7,14,18-19H,2-4,8-13,15-17H2,1H3,(H,29,34)/t27-/m1/s1. The number of aromatic nitrogens is 1. The lowest BCUT2D eigenvalue weighted by molar-refractivity contribution is -0.134. The first-order valence-corrected chi connectivity index (χ1v) is 13.8. The summed E-state index contributed by atoms with van der Waals surface area (Å²) in [5.41, 5.74) is 2.14. The summed E-state index contributed by atoms with van der Waals surface area (Å²) in [6.45, 7) is 3.62. The van der Waals surface area contributed by atoms with Gasteiger partial charge in [0.15, 0.2) is 0 Å². The maximum Gasteiger partial charge on any atom is 0.325 e. The topological polar surface area (TPSA) is 82.6 Å². The van der Waals surface area contributed by atoms with Gasteiger partial charge in [-0.05, 0) is 68.6 Å². The van der Waals surface area contributed by atoms with Gasteiger partial charge in [0.05, 0.1) is 5.56 Å².